The number of hydrogen-bond acceptors (Lipinski definition) is 5. The maximum Gasteiger partial charge on any atom is 0.223 e. The van der Waals surface area contributed by atoms with Crippen LogP contribution in [0.25, 0.3) is 22.5 Å². The largest absolute Gasteiger partial charge is 0.339 e. The van der Waals surface area contributed by atoms with Crippen molar-refractivity contribution >= 4 is 23.4 Å². The highest BCUT2D eigenvalue weighted by molar-refractivity contribution is 7.99. The van der Waals surface area contributed by atoms with E-state index in [0.717, 1.165) is 21.8 Å². The number of aryl methyl sites for hydroxylation is 1. The van der Waals surface area contributed by atoms with Gasteiger partial charge in [-0.05, 0) is 34.9 Å². The predicted octanol–water partition coefficient (Wildman–Crippen LogP) is 4.61. The highest BCUT2D eigenvalue weighted by Crippen LogP contribution is 2.42. The van der Waals surface area contributed by atoms with E-state index in [0.29, 0.717) is 16.5 Å². The molecule has 0 saturated heterocycles. The van der Waals surface area contributed by atoms with E-state index in [1.165, 1.54) is 6.07 Å². The summed E-state index contributed by atoms with van der Waals surface area (Å²) in [4.78, 5) is 5.26. The van der Waals surface area contributed by atoms with Gasteiger partial charge < -0.3 is 10.3 Å². The molecule has 0 aliphatic carbocycles. The van der Waals surface area contributed by atoms with E-state index < -0.39 is 5.82 Å². The summed E-state index contributed by atoms with van der Waals surface area (Å²) < 4.78 is 19.6. The first-order chi connectivity index (χ1) is 11.5. The van der Waals surface area contributed by atoms with Crippen LogP contribution in [0.1, 0.15) is 17.5 Å². The number of nitrogens with zero attached hydrogens (tertiary/aromatic N) is 2. The third-order valence-electron chi connectivity index (χ3n) is 3.95. The van der Waals surface area contributed by atoms with Crippen LogP contribution in [0.15, 0.2) is 39.8 Å². The summed E-state index contributed by atoms with van der Waals surface area (Å²) in [6, 6.07) is 8.92. The zero-order chi connectivity index (χ0) is 16.8. The van der Waals surface area contributed by atoms with Gasteiger partial charge in [-0.25, -0.2) is 4.39 Å². The van der Waals surface area contributed by atoms with E-state index in [1.807, 2.05) is 18.2 Å². The fourth-order valence-corrected chi connectivity index (χ4v) is 4.17. The van der Waals surface area contributed by atoms with E-state index in [4.69, 9.17) is 21.9 Å². The minimum Gasteiger partial charge on any atom is -0.339 e. The third-order valence-corrected chi connectivity index (χ3v) is 5.36. The predicted molar refractivity (Wildman–Crippen MR) is 92.5 cm³/mol. The van der Waals surface area contributed by atoms with Gasteiger partial charge in [-0.2, -0.15) is 4.98 Å². The molecule has 4 rings (SSSR count). The van der Waals surface area contributed by atoms with Crippen LogP contribution in [0.4, 0.5) is 4.39 Å². The van der Waals surface area contributed by atoms with Crippen molar-refractivity contribution < 1.29 is 8.91 Å². The summed E-state index contributed by atoms with van der Waals surface area (Å²) in [5, 5.41) is 4.17. The molecule has 1 aliphatic rings. The Balaban J connectivity index is 1.92. The zero-order valence-electron chi connectivity index (χ0n) is 12.7. The summed E-state index contributed by atoms with van der Waals surface area (Å²) >= 11 is 7.77. The molecular weight excluding hydrogens is 349 g/mol. The summed E-state index contributed by atoms with van der Waals surface area (Å²) in [7, 11) is 0. The van der Waals surface area contributed by atoms with Gasteiger partial charge in [0, 0.05) is 28.6 Å². The molecule has 3 aromatic rings. The lowest BCUT2D eigenvalue weighted by Gasteiger charge is -2.11. The maximum atomic E-state index is 14.6. The molecule has 0 bridgehead atoms. The van der Waals surface area contributed by atoms with E-state index >= 15 is 0 Å². The van der Waals surface area contributed by atoms with Gasteiger partial charge in [0.05, 0.1) is 5.56 Å². The van der Waals surface area contributed by atoms with Crippen LogP contribution in [0.5, 0.6) is 0 Å². The molecule has 122 valence electrons. The fourth-order valence-electron chi connectivity index (χ4n) is 2.83. The Morgan fingerprint density at radius 1 is 1.33 bits per heavy atom. The maximum absolute atomic E-state index is 14.6. The second-order valence-corrected chi connectivity index (χ2v) is 7.12. The number of hydrogen-bond donors (Lipinski definition) is 1. The highest BCUT2D eigenvalue weighted by atomic mass is 35.5. The Morgan fingerprint density at radius 3 is 2.92 bits per heavy atom. The summed E-state index contributed by atoms with van der Waals surface area (Å²) in [6.07, 6.45) is 0. The third kappa shape index (κ3) is 2.60. The Kier molecular flexibility index (Phi) is 3.83. The van der Waals surface area contributed by atoms with Crippen molar-refractivity contribution in [3.05, 3.63) is 52.6 Å². The van der Waals surface area contributed by atoms with Crippen LogP contribution < -0.4 is 5.73 Å². The van der Waals surface area contributed by atoms with Crippen molar-refractivity contribution in [3.63, 3.8) is 0 Å². The first kappa shape index (κ1) is 15.6. The van der Waals surface area contributed by atoms with Crippen molar-refractivity contribution in [2.75, 3.05) is 5.75 Å². The van der Waals surface area contributed by atoms with Gasteiger partial charge in [0.2, 0.25) is 11.7 Å². The lowest BCUT2D eigenvalue weighted by molar-refractivity contribution is 0.394. The quantitative estimate of drug-likeness (QED) is 0.722. The highest BCUT2D eigenvalue weighted by Gasteiger charge is 2.23. The zero-order valence-corrected chi connectivity index (χ0v) is 14.3. The second kappa shape index (κ2) is 5.88. The average molecular weight is 362 g/mol. The first-order valence-corrected chi connectivity index (χ1v) is 8.71. The normalized spacial score (nSPS) is 16.4. The number of fused-ring (bicyclic) bond motifs is 1. The minimum atomic E-state index is -0.483. The molecule has 4 nitrogen and oxygen atoms in total. The molecule has 0 saturated carbocycles. The molecule has 1 atom stereocenters. The van der Waals surface area contributed by atoms with E-state index in [9.17, 15) is 4.39 Å². The van der Waals surface area contributed by atoms with E-state index in [-0.39, 0.29) is 17.4 Å². The van der Waals surface area contributed by atoms with Crippen molar-refractivity contribution in [1.82, 2.24) is 10.1 Å². The van der Waals surface area contributed by atoms with Crippen LogP contribution in [0.3, 0.4) is 0 Å². The molecule has 1 aliphatic heterocycles. The smallest absolute Gasteiger partial charge is 0.223 e. The summed E-state index contributed by atoms with van der Waals surface area (Å²) in [6.45, 7) is 1.66. The monoisotopic (exact) mass is 361 g/mol. The van der Waals surface area contributed by atoms with Crippen molar-refractivity contribution in [3.8, 4) is 22.5 Å². The number of benzene rings is 2. The molecule has 0 radical (unpaired) electrons. The molecule has 24 heavy (non-hydrogen) atoms. The number of halogens is 2. The molecule has 0 amide bonds. The van der Waals surface area contributed by atoms with Gasteiger partial charge in [-0.15, -0.1) is 11.8 Å². The lowest BCUT2D eigenvalue weighted by atomic mass is 9.96. The SMILES string of the molecule is Cc1nc(-c2c(F)cc(Cl)cc2-c2ccc3c(c2)SCC3N)no1. The van der Waals surface area contributed by atoms with Crippen molar-refractivity contribution in [2.45, 2.75) is 17.9 Å². The molecule has 1 unspecified atom stereocenters. The molecule has 0 fully saturated rings. The second-order valence-electron chi connectivity index (χ2n) is 5.62. The van der Waals surface area contributed by atoms with Gasteiger partial charge in [-0.1, -0.05) is 28.9 Å². The molecule has 7 heteroatoms. The van der Waals surface area contributed by atoms with E-state index in [1.54, 1.807) is 24.8 Å². The van der Waals surface area contributed by atoms with Crippen molar-refractivity contribution in [1.29, 1.82) is 0 Å². The van der Waals surface area contributed by atoms with Gasteiger partial charge in [-0.3, -0.25) is 0 Å². The molecule has 2 heterocycles. The number of rotatable bonds is 2. The average Bonchev–Trinajstić information content (AvgIpc) is 3.13. The number of nitrogens with two attached hydrogens (primary N) is 1. The van der Waals surface area contributed by atoms with Crippen LogP contribution >= 0.6 is 23.4 Å². The first-order valence-electron chi connectivity index (χ1n) is 7.35. The standard InChI is InChI=1S/C17H13ClFN3OS/c1-8-21-17(22-23-8)16-12(5-10(18)6-13(16)19)9-2-3-11-14(20)7-24-15(11)4-9/h2-6,14H,7,20H2,1H3. The summed E-state index contributed by atoms with van der Waals surface area (Å²) in [5.74, 6) is 0.949. The van der Waals surface area contributed by atoms with Crippen molar-refractivity contribution in [2.24, 2.45) is 5.73 Å². The lowest BCUT2D eigenvalue weighted by Crippen LogP contribution is -2.08. The van der Waals surface area contributed by atoms with Gasteiger partial charge >= 0.3 is 0 Å². The number of aromatic nitrogens is 2. The van der Waals surface area contributed by atoms with Gasteiger partial charge in [0.25, 0.3) is 0 Å². The number of thioether (sulfide) groups is 1. The van der Waals surface area contributed by atoms with Crippen LogP contribution in [0.2, 0.25) is 5.02 Å². The van der Waals surface area contributed by atoms with Crippen LogP contribution in [0, 0.1) is 12.7 Å². The molecular formula is C17H13ClFN3OS. The Bertz CT molecular complexity index is 944. The Morgan fingerprint density at radius 2 is 2.17 bits per heavy atom. The molecule has 2 N–H and O–H groups in total. The van der Waals surface area contributed by atoms with E-state index in [2.05, 4.69) is 10.1 Å². The van der Waals surface area contributed by atoms with Gasteiger partial charge in [0.15, 0.2) is 0 Å². The molecule has 2 aromatic carbocycles. The van der Waals surface area contributed by atoms with Gasteiger partial charge in [0.1, 0.15) is 5.82 Å². The Labute approximate surface area is 147 Å². The fraction of sp³-hybridized carbons (Fsp3) is 0.176. The minimum absolute atomic E-state index is 0.0366. The Hall–Kier alpha value is -1.89. The molecule has 0 spiro atoms. The summed E-state index contributed by atoms with van der Waals surface area (Å²) in [5.41, 5.74) is 8.94. The van der Waals surface area contributed by atoms with Crippen LogP contribution in [-0.2, 0) is 0 Å². The topological polar surface area (TPSA) is 64.9 Å². The molecule has 1 aromatic heterocycles. The van der Waals surface area contributed by atoms with Crippen LogP contribution in [-0.4, -0.2) is 15.9 Å².